The van der Waals surface area contributed by atoms with E-state index >= 15 is 0 Å². The van der Waals surface area contributed by atoms with Crippen molar-refractivity contribution in [1.82, 2.24) is 19.8 Å². The van der Waals surface area contributed by atoms with Gasteiger partial charge in [-0.1, -0.05) is 31.5 Å². The van der Waals surface area contributed by atoms with E-state index in [9.17, 15) is 9.59 Å². The van der Waals surface area contributed by atoms with Crippen LogP contribution < -0.4 is 4.74 Å². The summed E-state index contributed by atoms with van der Waals surface area (Å²) in [5.41, 5.74) is 5.41. The largest absolute Gasteiger partial charge is 0.496 e. The van der Waals surface area contributed by atoms with Crippen LogP contribution in [0.15, 0.2) is 36.4 Å². The predicted octanol–water partition coefficient (Wildman–Crippen LogP) is 5.43. The van der Waals surface area contributed by atoms with Gasteiger partial charge in [0.05, 0.1) is 34.0 Å². The summed E-state index contributed by atoms with van der Waals surface area (Å²) >= 11 is 0. The van der Waals surface area contributed by atoms with Crippen LogP contribution in [0.5, 0.6) is 5.75 Å². The number of aromatic amines is 2. The third-order valence-electron chi connectivity index (χ3n) is 16.0. The molecule has 1 unspecified atom stereocenters. The number of H-pyrrole nitrogens is 2. The van der Waals surface area contributed by atoms with Crippen LogP contribution in [0.4, 0.5) is 0 Å². The number of nitrogens with one attached hydrogen (secondary N) is 2. The Balaban J connectivity index is 1.15. The first kappa shape index (κ1) is 34.4. The average Bonchev–Trinajstić information content (AvgIpc) is 3.55. The van der Waals surface area contributed by atoms with Gasteiger partial charge >= 0.3 is 11.9 Å². The maximum absolute atomic E-state index is 14.4. The molecule has 7 aliphatic heterocycles. The van der Waals surface area contributed by atoms with E-state index in [-0.39, 0.29) is 48.2 Å². The summed E-state index contributed by atoms with van der Waals surface area (Å²) in [6.45, 7) is 6.62. The first-order valence-electron chi connectivity index (χ1n) is 20.4. The number of nitrogens with zero attached hydrogens (tertiary/aromatic N) is 2. The zero-order valence-electron chi connectivity index (χ0n) is 32.7. The maximum atomic E-state index is 14.4. The molecule has 1 spiro atoms. The lowest BCUT2D eigenvalue weighted by atomic mass is 9.54. The van der Waals surface area contributed by atoms with Crippen LogP contribution in [0.25, 0.3) is 21.8 Å². The molecule has 290 valence electrons. The van der Waals surface area contributed by atoms with E-state index in [1.165, 1.54) is 30.0 Å². The second-order valence-corrected chi connectivity index (χ2v) is 17.8. The number of likely N-dealkylation sites (N-methyl/N-ethyl adjacent to an activating group) is 1. The lowest BCUT2D eigenvalue weighted by Gasteiger charge is -2.62. The number of carbonyl (C=O) groups is 2. The molecule has 11 heteroatoms. The highest BCUT2D eigenvalue weighted by Crippen LogP contribution is 2.67. The molecule has 4 aromatic rings. The number of methoxy groups -OCH3 is 3. The van der Waals surface area contributed by atoms with Crippen molar-refractivity contribution in [3.05, 3.63) is 64.5 Å². The topological polar surface area (TPSA) is 122 Å². The van der Waals surface area contributed by atoms with Gasteiger partial charge in [0, 0.05) is 81.8 Å². The first-order valence-corrected chi connectivity index (χ1v) is 20.4. The van der Waals surface area contributed by atoms with Gasteiger partial charge in [-0.15, -0.1) is 0 Å². The molecule has 2 aliphatic carbocycles. The minimum Gasteiger partial charge on any atom is -0.496 e. The summed E-state index contributed by atoms with van der Waals surface area (Å²) < 4.78 is 31.1. The summed E-state index contributed by atoms with van der Waals surface area (Å²) in [4.78, 5) is 41.4. The Kier molecular flexibility index (Phi) is 7.24. The first-order chi connectivity index (χ1) is 26.7. The Morgan fingerprint density at radius 1 is 1.00 bits per heavy atom. The fourth-order valence-corrected chi connectivity index (χ4v) is 13.8. The Morgan fingerprint density at radius 3 is 2.55 bits per heavy atom. The number of carbonyl (C=O) groups excluding carboxylic acids is 2. The number of fused-ring (bicyclic) bond motifs is 8. The number of ether oxygens (including phenoxy) is 5. The van der Waals surface area contributed by atoms with Gasteiger partial charge in [-0.05, 0) is 81.2 Å². The summed E-state index contributed by atoms with van der Waals surface area (Å²) in [5, 5.41) is 2.30. The van der Waals surface area contributed by atoms with Crippen molar-refractivity contribution in [3.63, 3.8) is 0 Å². The number of esters is 2. The van der Waals surface area contributed by atoms with Crippen molar-refractivity contribution in [1.29, 1.82) is 0 Å². The van der Waals surface area contributed by atoms with E-state index in [4.69, 9.17) is 23.7 Å². The summed E-state index contributed by atoms with van der Waals surface area (Å²) in [7, 11) is 6.89. The highest BCUT2D eigenvalue weighted by Gasteiger charge is 2.80. The molecule has 2 N–H and O–H groups in total. The van der Waals surface area contributed by atoms with Crippen LogP contribution >= 0.6 is 0 Å². The molecule has 1 saturated carbocycles. The quantitative estimate of drug-likeness (QED) is 0.204. The highest BCUT2D eigenvalue weighted by molar-refractivity contribution is 5.93. The molecular weight excluding hydrogens is 697 g/mol. The van der Waals surface area contributed by atoms with Gasteiger partial charge < -0.3 is 33.7 Å². The van der Waals surface area contributed by atoms with E-state index < -0.39 is 16.4 Å². The van der Waals surface area contributed by atoms with Crippen molar-refractivity contribution < 1.29 is 33.3 Å². The number of para-hydroxylation sites is 1. The van der Waals surface area contributed by atoms with Crippen LogP contribution in [-0.2, 0) is 46.8 Å². The fraction of sp³-hybridized carbons (Fsp3) is 0.591. The number of piperidine rings is 3. The zero-order chi connectivity index (χ0) is 37.8. The molecule has 9 heterocycles. The van der Waals surface area contributed by atoms with Gasteiger partial charge in [0.2, 0.25) is 0 Å². The Morgan fingerprint density at radius 2 is 1.80 bits per heavy atom. The molecule has 0 amide bonds. The van der Waals surface area contributed by atoms with Gasteiger partial charge in [-0.25, -0.2) is 0 Å². The third kappa shape index (κ3) is 4.10. The number of epoxide rings is 1. The molecule has 2 aromatic carbocycles. The maximum Gasteiger partial charge on any atom is 0.319 e. The Labute approximate surface area is 321 Å². The second-order valence-electron chi connectivity index (χ2n) is 17.8. The van der Waals surface area contributed by atoms with Gasteiger partial charge in [-0.3, -0.25) is 19.4 Å². The summed E-state index contributed by atoms with van der Waals surface area (Å²) in [6.07, 6.45) is 4.81. The van der Waals surface area contributed by atoms with Gasteiger partial charge in [0.25, 0.3) is 0 Å². The van der Waals surface area contributed by atoms with Gasteiger partial charge in [0.1, 0.15) is 28.4 Å². The molecule has 2 aromatic heterocycles. The SMILES string of the molecule is CC[C@H]1C[C@H]2CN3CCc4c([nH]c5cc(OC)c([C@@H]6C[C@H]7[C@@]8(C(=O)OC)CO[C@H](N(C)[C@H]8Cc8c6[nH]c6ccccc86)[C@@]76O[C@H]6C)cc45)[C@](C(=O)OC)(C2)[C@H]13. The average molecular weight is 749 g/mol. The van der Waals surface area contributed by atoms with Gasteiger partial charge in [0.15, 0.2) is 0 Å². The molecule has 8 bridgehead atoms. The molecule has 11 nitrogen and oxygen atoms in total. The van der Waals surface area contributed by atoms with Crippen molar-refractivity contribution in [2.24, 2.45) is 23.2 Å². The summed E-state index contributed by atoms with van der Waals surface area (Å²) in [5.74, 6) is 0.967. The molecular formula is C44H52N4O7. The monoisotopic (exact) mass is 748 g/mol. The third-order valence-corrected chi connectivity index (χ3v) is 16.0. The predicted molar refractivity (Wildman–Crippen MR) is 205 cm³/mol. The van der Waals surface area contributed by atoms with Gasteiger partial charge in [-0.2, -0.15) is 0 Å². The minimum atomic E-state index is -0.937. The number of aromatic nitrogens is 2. The molecule has 0 radical (unpaired) electrons. The van der Waals surface area contributed by atoms with E-state index in [0.29, 0.717) is 31.3 Å². The molecule has 7 fully saturated rings. The zero-order valence-corrected chi connectivity index (χ0v) is 32.7. The number of rotatable bonds is 5. The van der Waals surface area contributed by atoms with Crippen LogP contribution in [0.1, 0.15) is 73.5 Å². The van der Waals surface area contributed by atoms with E-state index in [1.807, 2.05) is 0 Å². The van der Waals surface area contributed by atoms with E-state index in [1.54, 1.807) is 14.2 Å². The second kappa shape index (κ2) is 11.6. The Hall–Kier alpha value is -3.90. The lowest BCUT2D eigenvalue weighted by molar-refractivity contribution is -0.284. The molecule has 9 aliphatic rings. The minimum absolute atomic E-state index is 0.0755. The molecule has 12 atom stereocenters. The van der Waals surface area contributed by atoms with Crippen molar-refractivity contribution in [3.8, 4) is 5.75 Å². The lowest BCUT2D eigenvalue weighted by Crippen LogP contribution is -2.77. The van der Waals surface area contributed by atoms with Crippen LogP contribution in [0.2, 0.25) is 0 Å². The van der Waals surface area contributed by atoms with E-state index in [0.717, 1.165) is 71.5 Å². The molecule has 55 heavy (non-hydrogen) atoms. The normalized spacial score (nSPS) is 39.6. The van der Waals surface area contributed by atoms with Crippen molar-refractivity contribution >= 4 is 33.7 Å². The van der Waals surface area contributed by atoms with Crippen molar-refractivity contribution in [2.75, 3.05) is 48.1 Å². The van der Waals surface area contributed by atoms with Crippen LogP contribution in [0, 0.1) is 23.2 Å². The number of benzene rings is 2. The van der Waals surface area contributed by atoms with Crippen molar-refractivity contribution in [2.45, 2.75) is 93.7 Å². The smallest absolute Gasteiger partial charge is 0.319 e. The number of hydrogen-bond donors (Lipinski definition) is 2. The Bertz CT molecular complexity index is 2280. The molecule has 6 saturated heterocycles. The van der Waals surface area contributed by atoms with E-state index in [2.05, 4.69) is 77.1 Å². The van der Waals surface area contributed by atoms with Crippen LogP contribution in [-0.4, -0.2) is 110 Å². The number of hydrogen-bond acceptors (Lipinski definition) is 9. The fourth-order valence-electron chi connectivity index (χ4n) is 13.8. The highest BCUT2D eigenvalue weighted by atomic mass is 16.7. The standard InChI is InChI=1S/C44H52N4O7/c1-7-24-14-23-19-42(40(49)52-5)37-26(12-13-48(20-23)38(24)42)27-15-28(33(51-4)18-32(27)46-37)29-16-34-43(41(50)53-6)21-54-39(44(34)22(2)55-44)47(3)35(43)17-30-25-10-8-9-11-31(25)45-36(29)30/h8-11,15,18,22-24,29,34-35,38-39,45-46H,7,12-14,16-17,19-21H2,1-6H3/t22-,23+,24-,29-,34-,35-,38-,39-,42+,43-,44-/m0/s1. The molecule has 13 rings (SSSR count). The van der Waals surface area contributed by atoms with Crippen LogP contribution in [0.3, 0.4) is 0 Å². The summed E-state index contributed by atoms with van der Waals surface area (Å²) in [6, 6.07) is 13.0.